The van der Waals surface area contributed by atoms with Gasteiger partial charge in [-0.2, -0.15) is 0 Å². The number of halogens is 1. The molecule has 8 aliphatic rings. The van der Waals surface area contributed by atoms with Crippen LogP contribution in [0.25, 0.3) is 0 Å². The van der Waals surface area contributed by atoms with Crippen molar-refractivity contribution in [1.82, 2.24) is 30.2 Å². The van der Waals surface area contributed by atoms with E-state index in [1.807, 2.05) is 69.3 Å². The van der Waals surface area contributed by atoms with Gasteiger partial charge in [-0.05, 0) is 133 Å². The lowest BCUT2D eigenvalue weighted by Crippen LogP contribution is -2.56. The van der Waals surface area contributed by atoms with Gasteiger partial charge in [-0.3, -0.25) is 34.6 Å². The summed E-state index contributed by atoms with van der Waals surface area (Å²) in [6.45, 7) is 19.6. The number of dihydropyridines is 1. The lowest BCUT2D eigenvalue weighted by Gasteiger charge is -2.44. The van der Waals surface area contributed by atoms with Crippen molar-refractivity contribution in [3.63, 3.8) is 0 Å². The Bertz CT molecular complexity index is 2230. The second-order valence-corrected chi connectivity index (χ2v) is 21.0. The van der Waals surface area contributed by atoms with Gasteiger partial charge in [0.2, 0.25) is 11.8 Å². The predicted octanol–water partition coefficient (Wildman–Crippen LogP) is 7.65. The topological polar surface area (TPSA) is 148 Å². The Hall–Kier alpha value is -5.31. The number of amides is 4. The number of aliphatic imine (C=N–C) groups is 2. The molecule has 2 N–H and O–H groups in total. The number of imide groups is 1. The molecular weight excluding hydrogens is 864 g/mol. The van der Waals surface area contributed by atoms with E-state index in [0.717, 1.165) is 111 Å². The highest BCUT2D eigenvalue weighted by Gasteiger charge is 2.42. The number of amidine groups is 1. The number of morpholine rings is 1. The number of hydrogen-bond donors (Lipinski definition) is 2. The van der Waals surface area contributed by atoms with E-state index in [1.54, 1.807) is 11.0 Å². The first-order valence-electron chi connectivity index (χ1n) is 25.2. The van der Waals surface area contributed by atoms with Crippen molar-refractivity contribution in [2.24, 2.45) is 33.7 Å². The molecule has 14 nitrogen and oxygen atoms in total. The highest BCUT2D eigenvalue weighted by atomic mass is 19.1. The highest BCUT2D eigenvalue weighted by molar-refractivity contribution is 5.99. The first-order valence-corrected chi connectivity index (χ1v) is 25.2. The van der Waals surface area contributed by atoms with Crippen molar-refractivity contribution in [3.05, 3.63) is 82.7 Å². The van der Waals surface area contributed by atoms with E-state index in [9.17, 15) is 19.2 Å². The molecule has 68 heavy (non-hydrogen) atoms. The Morgan fingerprint density at radius 1 is 1.00 bits per heavy atom. The third-order valence-corrected chi connectivity index (χ3v) is 15.1. The lowest BCUT2D eigenvalue weighted by atomic mass is 9.81. The molecule has 0 aromatic heterocycles. The fourth-order valence-corrected chi connectivity index (χ4v) is 11.2. The Morgan fingerprint density at radius 3 is 2.47 bits per heavy atom. The molecule has 0 radical (unpaired) electrons. The van der Waals surface area contributed by atoms with Crippen molar-refractivity contribution in [1.29, 1.82) is 0 Å². The Balaban J connectivity index is 0.736. The van der Waals surface area contributed by atoms with E-state index >= 15 is 4.39 Å². The number of nitrogens with one attached hydrogen (secondary N) is 2. The van der Waals surface area contributed by atoms with Gasteiger partial charge in [-0.25, -0.2) is 9.18 Å². The largest absolute Gasteiger partial charge is 0.444 e. The molecule has 5 fully saturated rings. The van der Waals surface area contributed by atoms with Crippen LogP contribution < -0.4 is 10.6 Å². The van der Waals surface area contributed by atoms with E-state index in [1.165, 1.54) is 6.42 Å². The van der Waals surface area contributed by atoms with E-state index in [4.69, 9.17) is 19.5 Å². The predicted molar refractivity (Wildman–Crippen MR) is 262 cm³/mol. The molecule has 15 heteroatoms. The summed E-state index contributed by atoms with van der Waals surface area (Å²) in [5.74, 6) is 0.809. The van der Waals surface area contributed by atoms with Crippen LogP contribution in [0, 0.1) is 23.7 Å². The van der Waals surface area contributed by atoms with Gasteiger partial charge in [0.1, 0.15) is 17.5 Å². The fraction of sp³-hybridized carbons (Fsp3) is 0.623. The lowest BCUT2D eigenvalue weighted by molar-refractivity contribution is -0.137. The molecule has 6 atom stereocenters. The summed E-state index contributed by atoms with van der Waals surface area (Å²) in [5, 5.41) is 5.80. The van der Waals surface area contributed by atoms with Gasteiger partial charge in [0.25, 0.3) is 5.91 Å². The van der Waals surface area contributed by atoms with Crippen LogP contribution in [0.2, 0.25) is 0 Å². The number of allylic oxidation sites excluding steroid dienone is 4. The summed E-state index contributed by atoms with van der Waals surface area (Å²) in [4.78, 5) is 68.6. The zero-order valence-electron chi connectivity index (χ0n) is 40.9. The van der Waals surface area contributed by atoms with Gasteiger partial charge < -0.3 is 29.5 Å². The highest BCUT2D eigenvalue weighted by Crippen LogP contribution is 2.37. The van der Waals surface area contributed by atoms with Crippen molar-refractivity contribution >= 4 is 35.9 Å². The zero-order valence-corrected chi connectivity index (χ0v) is 40.9. The molecule has 0 saturated carbocycles. The summed E-state index contributed by atoms with van der Waals surface area (Å²) in [6.07, 6.45) is 23.1. The first-order chi connectivity index (χ1) is 32.6. The van der Waals surface area contributed by atoms with Gasteiger partial charge >= 0.3 is 6.09 Å². The number of rotatable bonds is 9. The summed E-state index contributed by atoms with van der Waals surface area (Å²) >= 11 is 0. The van der Waals surface area contributed by atoms with E-state index < -0.39 is 11.8 Å². The number of nitrogens with zero attached hydrogens (tertiary/aromatic N) is 6. The summed E-state index contributed by atoms with van der Waals surface area (Å²) in [5.41, 5.74) is 4.98. The average molecular weight is 937 g/mol. The molecule has 8 rings (SSSR count). The molecule has 0 spiro atoms. The molecule has 6 unspecified atom stereocenters. The van der Waals surface area contributed by atoms with Crippen molar-refractivity contribution < 1.29 is 33.0 Å². The number of fused-ring (bicyclic) bond motifs is 1. The third-order valence-electron chi connectivity index (χ3n) is 15.1. The van der Waals surface area contributed by atoms with Crippen LogP contribution in [0.15, 0.2) is 92.7 Å². The van der Waals surface area contributed by atoms with Crippen LogP contribution in [0.5, 0.6) is 0 Å². The van der Waals surface area contributed by atoms with Crippen LogP contribution in [0.4, 0.5) is 9.18 Å². The van der Waals surface area contributed by atoms with Crippen LogP contribution in [-0.2, 0) is 23.9 Å². The van der Waals surface area contributed by atoms with Gasteiger partial charge in [0.05, 0.1) is 29.9 Å². The molecule has 0 aromatic rings. The zero-order chi connectivity index (χ0) is 48.1. The summed E-state index contributed by atoms with van der Waals surface area (Å²) in [7, 11) is 0. The molecule has 2 aliphatic carbocycles. The molecule has 0 bridgehead atoms. The van der Waals surface area contributed by atoms with E-state index in [0.29, 0.717) is 62.9 Å². The second-order valence-electron chi connectivity index (χ2n) is 21.0. The van der Waals surface area contributed by atoms with Gasteiger partial charge in [0.15, 0.2) is 6.23 Å². The normalized spacial score (nSPS) is 29.6. The molecule has 6 aliphatic heterocycles. The monoisotopic (exact) mass is 937 g/mol. The van der Waals surface area contributed by atoms with Crippen molar-refractivity contribution in [2.45, 2.75) is 136 Å². The maximum Gasteiger partial charge on any atom is 0.411 e. The van der Waals surface area contributed by atoms with Gasteiger partial charge in [-0.15, -0.1) is 0 Å². The second kappa shape index (κ2) is 21.5. The third kappa shape index (κ3) is 11.9. The standard InChI is InChI=1S/C53H73FN8O6/c1-34-33-61(46-32-56-50-48(35(46)2)62(28-29-67-50)52(66)68-53(4,5)6)27-22-41(34)31-55-36(3)57-42-14-11-39(12-15-42)51(65)60-25-20-38(21-26-60)10-9-37-8-7-23-59(24-19-37)45-17-13-40(30-44(45)54)43-16-18-47(63)58-49(43)64/h11-12,14,17,30-32,37-38,40,42-43,48,50H,1,7-10,13,15-16,18-29,33H2,2-6H3,(H,55,57)(H,58,63,64)/b41-31-. The van der Waals surface area contributed by atoms with E-state index in [-0.39, 0.29) is 53.6 Å². The number of ether oxygens (including phenoxy) is 2. The molecule has 6 heterocycles. The summed E-state index contributed by atoms with van der Waals surface area (Å²) < 4.78 is 27.1. The maximum absolute atomic E-state index is 15.4. The van der Waals surface area contributed by atoms with Crippen molar-refractivity contribution in [3.8, 4) is 0 Å². The summed E-state index contributed by atoms with van der Waals surface area (Å²) in [6, 6.07) is -0.375. The number of carbonyl (C=O) groups is 4. The van der Waals surface area contributed by atoms with Crippen LogP contribution >= 0.6 is 0 Å². The Labute approximate surface area is 402 Å². The molecular formula is C53H73FN8O6. The average Bonchev–Trinajstić information content (AvgIpc) is 3.55. The van der Waals surface area contributed by atoms with Gasteiger partial charge in [0, 0.05) is 76.1 Å². The number of hydrogen-bond acceptors (Lipinski definition) is 10. The van der Waals surface area contributed by atoms with Crippen LogP contribution in [-0.4, -0.2) is 132 Å². The SMILES string of the molecule is C=C1CN(C2=C(C)C3C(N=C2)OCCN3C(=O)OC(C)(C)C)CC/C1=C/NC(C)=NC1C=CC(C(=O)N2CCC(CCC3CCCN(C4=CCC(C5CCC(=O)NC5=O)C=C4F)CC3)CC2)=CC1. The number of piperidine rings is 3. The minimum absolute atomic E-state index is 0.0510. The quantitative estimate of drug-likeness (QED) is 0.135. The van der Waals surface area contributed by atoms with Crippen LogP contribution in [0.1, 0.15) is 112 Å². The molecule has 5 saturated heterocycles. The molecule has 368 valence electrons. The van der Waals surface area contributed by atoms with Crippen molar-refractivity contribution in [2.75, 3.05) is 52.4 Å². The smallest absolute Gasteiger partial charge is 0.411 e. The number of carbonyl (C=O) groups excluding carboxylic acids is 4. The first kappa shape index (κ1) is 49.1. The minimum atomic E-state index is -0.597. The fourth-order valence-electron chi connectivity index (χ4n) is 11.2. The Kier molecular flexibility index (Phi) is 15.6. The minimum Gasteiger partial charge on any atom is -0.444 e. The number of likely N-dealkylation sites (tertiary alicyclic amines) is 3. The van der Waals surface area contributed by atoms with E-state index in [2.05, 4.69) is 33.9 Å². The molecule has 4 amide bonds. The molecule has 0 aromatic carbocycles. The maximum atomic E-state index is 15.4. The van der Waals surface area contributed by atoms with Crippen LogP contribution in [0.3, 0.4) is 0 Å². The van der Waals surface area contributed by atoms with Gasteiger partial charge in [-0.1, -0.05) is 43.7 Å². The Morgan fingerprint density at radius 2 is 1.76 bits per heavy atom.